The average Bonchev–Trinajstić information content (AvgIpc) is 2.33. The maximum atomic E-state index is 13.5. The first-order valence-corrected chi connectivity index (χ1v) is 6.13. The Kier molecular flexibility index (Phi) is 5.11. The second kappa shape index (κ2) is 6.16. The van der Waals surface area contributed by atoms with Crippen molar-refractivity contribution >= 4 is 0 Å². The zero-order chi connectivity index (χ0) is 13.8. The van der Waals surface area contributed by atoms with E-state index in [1.54, 1.807) is 19.2 Å². The van der Waals surface area contributed by atoms with Gasteiger partial charge in [0.05, 0.1) is 12.7 Å². The van der Waals surface area contributed by atoms with E-state index in [4.69, 9.17) is 4.74 Å². The quantitative estimate of drug-likeness (QED) is 0.819. The maximum absolute atomic E-state index is 13.5. The number of ether oxygens (including phenoxy) is 1. The van der Waals surface area contributed by atoms with Crippen LogP contribution in [0, 0.1) is 12.7 Å². The highest BCUT2D eigenvalue weighted by Gasteiger charge is 2.25. The largest absolute Gasteiger partial charge is 0.488 e. The Bertz CT molecular complexity index is 391. The number of likely N-dealkylation sites (N-methyl/N-ethyl adjacent to an activating group) is 1. The second-order valence-electron chi connectivity index (χ2n) is 5.04. The zero-order valence-corrected chi connectivity index (χ0v) is 11.5. The molecule has 1 rings (SSSR count). The minimum absolute atomic E-state index is 0.00744. The lowest BCUT2D eigenvalue weighted by molar-refractivity contribution is 0.112. The highest BCUT2D eigenvalue weighted by atomic mass is 19.1. The lowest BCUT2D eigenvalue weighted by Gasteiger charge is -2.30. The number of hydrogen-bond donors (Lipinski definition) is 2. The molecule has 2 atom stereocenters. The van der Waals surface area contributed by atoms with E-state index in [1.807, 2.05) is 20.8 Å². The van der Waals surface area contributed by atoms with Gasteiger partial charge < -0.3 is 15.2 Å². The van der Waals surface area contributed by atoms with Gasteiger partial charge in [-0.2, -0.15) is 0 Å². The number of benzene rings is 1. The van der Waals surface area contributed by atoms with Gasteiger partial charge in [0.2, 0.25) is 0 Å². The molecular formula is C14H22FNO2. The summed E-state index contributed by atoms with van der Waals surface area (Å²) in [4.78, 5) is 0. The molecule has 0 aliphatic carbocycles. The van der Waals surface area contributed by atoms with Gasteiger partial charge in [-0.3, -0.25) is 0 Å². The predicted molar refractivity (Wildman–Crippen MR) is 70.4 cm³/mol. The number of aliphatic hydroxyl groups is 1. The molecule has 0 fully saturated rings. The summed E-state index contributed by atoms with van der Waals surface area (Å²) in [5.74, 6) is -0.0958. The molecule has 18 heavy (non-hydrogen) atoms. The van der Waals surface area contributed by atoms with E-state index >= 15 is 0 Å². The molecule has 0 radical (unpaired) electrons. The Morgan fingerprint density at radius 3 is 2.72 bits per heavy atom. The number of aliphatic hydroxyl groups excluding tert-OH is 1. The summed E-state index contributed by atoms with van der Waals surface area (Å²) in [7, 11) is 1.79. The molecule has 0 saturated heterocycles. The van der Waals surface area contributed by atoms with Crippen molar-refractivity contribution in [3.8, 4) is 5.75 Å². The fourth-order valence-corrected chi connectivity index (χ4v) is 1.84. The molecule has 1 aromatic rings. The summed E-state index contributed by atoms with van der Waals surface area (Å²) < 4.78 is 19.1. The molecule has 0 saturated carbocycles. The van der Waals surface area contributed by atoms with Crippen LogP contribution in [0.1, 0.15) is 25.8 Å². The van der Waals surface area contributed by atoms with E-state index in [1.165, 1.54) is 6.07 Å². The van der Waals surface area contributed by atoms with Crippen molar-refractivity contribution in [2.45, 2.75) is 38.8 Å². The first-order chi connectivity index (χ1) is 8.40. The summed E-state index contributed by atoms with van der Waals surface area (Å²) >= 11 is 0. The van der Waals surface area contributed by atoms with Crippen molar-refractivity contribution in [2.75, 3.05) is 13.7 Å². The van der Waals surface area contributed by atoms with Crippen molar-refractivity contribution in [1.29, 1.82) is 0 Å². The highest BCUT2D eigenvalue weighted by molar-refractivity contribution is 5.29. The van der Waals surface area contributed by atoms with Crippen LogP contribution in [0.3, 0.4) is 0 Å². The van der Waals surface area contributed by atoms with E-state index in [-0.39, 0.29) is 24.3 Å². The molecule has 3 nitrogen and oxygen atoms in total. The van der Waals surface area contributed by atoms with Crippen LogP contribution in [0.15, 0.2) is 18.2 Å². The van der Waals surface area contributed by atoms with Gasteiger partial charge in [-0.25, -0.2) is 4.39 Å². The van der Waals surface area contributed by atoms with Crippen molar-refractivity contribution < 1.29 is 14.2 Å². The van der Waals surface area contributed by atoms with Crippen molar-refractivity contribution in [1.82, 2.24) is 5.32 Å². The molecule has 102 valence electrons. The smallest absolute Gasteiger partial charge is 0.165 e. The van der Waals surface area contributed by atoms with Crippen molar-refractivity contribution in [2.24, 2.45) is 0 Å². The van der Waals surface area contributed by atoms with Gasteiger partial charge in [-0.15, -0.1) is 0 Å². The number of rotatable bonds is 6. The summed E-state index contributed by atoms with van der Waals surface area (Å²) in [6, 6.07) is 4.79. The van der Waals surface area contributed by atoms with Crippen molar-refractivity contribution in [3.05, 3.63) is 29.6 Å². The normalized spacial score (nSPS) is 16.1. The molecule has 0 spiro atoms. The Labute approximate surface area is 108 Å². The topological polar surface area (TPSA) is 41.5 Å². The molecule has 2 N–H and O–H groups in total. The SMILES string of the molecule is CNC(C)(CO)CC(C)Oc1cc(C)ccc1F. The summed E-state index contributed by atoms with van der Waals surface area (Å²) in [6.45, 7) is 5.67. The van der Waals surface area contributed by atoms with Crippen LogP contribution in [0.5, 0.6) is 5.75 Å². The first kappa shape index (κ1) is 14.9. The van der Waals surface area contributed by atoms with Gasteiger partial charge in [0, 0.05) is 12.0 Å². The van der Waals surface area contributed by atoms with Gasteiger partial charge in [-0.05, 0) is 45.5 Å². The number of aryl methyl sites for hydroxylation is 1. The molecule has 0 amide bonds. The van der Waals surface area contributed by atoms with Crippen molar-refractivity contribution in [3.63, 3.8) is 0 Å². The predicted octanol–water partition coefficient (Wildman–Crippen LogP) is 2.26. The van der Waals surface area contributed by atoms with Crippen LogP contribution in [0.25, 0.3) is 0 Å². The van der Waals surface area contributed by atoms with Crippen LogP contribution in [0.2, 0.25) is 0 Å². The second-order valence-corrected chi connectivity index (χ2v) is 5.04. The van der Waals surface area contributed by atoms with E-state index in [2.05, 4.69) is 5.32 Å². The minimum atomic E-state index is -0.417. The molecule has 4 heteroatoms. The third-order valence-electron chi connectivity index (χ3n) is 3.11. The van der Waals surface area contributed by atoms with Gasteiger partial charge in [-0.1, -0.05) is 6.07 Å². The molecule has 1 aromatic carbocycles. The third-order valence-corrected chi connectivity index (χ3v) is 3.11. The summed E-state index contributed by atoms with van der Waals surface area (Å²) in [5, 5.41) is 12.4. The Hall–Kier alpha value is -1.13. The number of hydrogen-bond acceptors (Lipinski definition) is 3. The Morgan fingerprint density at radius 1 is 1.50 bits per heavy atom. The lowest BCUT2D eigenvalue weighted by Crippen LogP contribution is -2.46. The van der Waals surface area contributed by atoms with Gasteiger partial charge in [0.15, 0.2) is 11.6 Å². The Balaban J connectivity index is 2.70. The van der Waals surface area contributed by atoms with Crippen LogP contribution >= 0.6 is 0 Å². The zero-order valence-electron chi connectivity index (χ0n) is 11.5. The van der Waals surface area contributed by atoms with E-state index in [9.17, 15) is 9.50 Å². The maximum Gasteiger partial charge on any atom is 0.165 e. The van der Waals surface area contributed by atoms with Crippen LogP contribution in [0.4, 0.5) is 4.39 Å². The number of halogens is 1. The van der Waals surface area contributed by atoms with Crippen LogP contribution in [-0.2, 0) is 0 Å². The average molecular weight is 255 g/mol. The lowest BCUT2D eigenvalue weighted by atomic mass is 9.96. The fourth-order valence-electron chi connectivity index (χ4n) is 1.84. The molecule has 0 bridgehead atoms. The molecule has 0 aromatic heterocycles. The van der Waals surface area contributed by atoms with E-state index in [0.29, 0.717) is 6.42 Å². The van der Waals surface area contributed by atoms with Crippen LogP contribution in [-0.4, -0.2) is 30.4 Å². The molecule has 0 heterocycles. The standard InChI is InChI=1S/C14H22FNO2/c1-10-5-6-12(15)13(7-10)18-11(2)8-14(3,9-17)16-4/h5-7,11,16-17H,8-9H2,1-4H3. The molecule has 0 aliphatic rings. The minimum Gasteiger partial charge on any atom is -0.488 e. The molecule has 0 aliphatic heterocycles. The number of nitrogens with one attached hydrogen (secondary N) is 1. The third kappa shape index (κ3) is 3.96. The van der Waals surface area contributed by atoms with Gasteiger partial charge in [0.25, 0.3) is 0 Å². The first-order valence-electron chi connectivity index (χ1n) is 6.13. The summed E-state index contributed by atoms with van der Waals surface area (Å²) in [6.07, 6.45) is 0.402. The summed E-state index contributed by atoms with van der Waals surface area (Å²) in [5.41, 5.74) is 0.539. The van der Waals surface area contributed by atoms with Gasteiger partial charge >= 0.3 is 0 Å². The van der Waals surface area contributed by atoms with Crippen LogP contribution < -0.4 is 10.1 Å². The fraction of sp³-hybridized carbons (Fsp3) is 0.571. The molecule has 2 unspecified atom stereocenters. The van der Waals surface area contributed by atoms with E-state index in [0.717, 1.165) is 5.56 Å². The highest BCUT2D eigenvalue weighted by Crippen LogP contribution is 2.22. The monoisotopic (exact) mass is 255 g/mol. The molecular weight excluding hydrogens is 233 g/mol. The van der Waals surface area contributed by atoms with Gasteiger partial charge in [0.1, 0.15) is 0 Å². The Morgan fingerprint density at radius 2 is 2.17 bits per heavy atom. The van der Waals surface area contributed by atoms with E-state index < -0.39 is 5.54 Å².